The first kappa shape index (κ1) is 21.7. The van der Waals surface area contributed by atoms with Crippen molar-refractivity contribution in [2.75, 3.05) is 29.5 Å². The van der Waals surface area contributed by atoms with E-state index in [4.69, 9.17) is 14.2 Å². The van der Waals surface area contributed by atoms with E-state index >= 15 is 0 Å². The standard InChI is InChI=1S/C23H25FN4O4S/c1-33(2,29)28-15-10-19-22(21(11-15)31-16-4-5-16)23(26-13-25-19)27-18-6-3-14(24)9-20(18)32-17-7-8-30-12-17/h3,6,9-11,13,16-17H,1,4-5,7-8,12H2,2H3,(H,28,29)(H,25,26,27). The van der Waals surface area contributed by atoms with E-state index in [9.17, 15) is 8.60 Å². The molecule has 2 aromatic carbocycles. The summed E-state index contributed by atoms with van der Waals surface area (Å²) in [6.07, 6.45) is 5.62. The van der Waals surface area contributed by atoms with Crippen LogP contribution in [0.5, 0.6) is 11.5 Å². The van der Waals surface area contributed by atoms with Crippen LogP contribution in [0.15, 0.2) is 36.7 Å². The highest BCUT2D eigenvalue weighted by Crippen LogP contribution is 2.39. The summed E-state index contributed by atoms with van der Waals surface area (Å²) in [6, 6.07) is 7.87. The van der Waals surface area contributed by atoms with E-state index in [1.807, 2.05) is 0 Å². The van der Waals surface area contributed by atoms with Crippen molar-refractivity contribution in [2.45, 2.75) is 31.5 Å². The molecule has 2 heterocycles. The van der Waals surface area contributed by atoms with Gasteiger partial charge in [-0.2, -0.15) is 0 Å². The normalized spacial score (nSPS) is 19.8. The lowest BCUT2D eigenvalue weighted by Gasteiger charge is -2.18. The lowest BCUT2D eigenvalue weighted by atomic mass is 10.1. The number of nitrogens with one attached hydrogen (secondary N) is 2. The highest BCUT2D eigenvalue weighted by Gasteiger charge is 2.26. The molecule has 174 valence electrons. The third kappa shape index (κ3) is 5.28. The van der Waals surface area contributed by atoms with Gasteiger partial charge in [-0.3, -0.25) is 0 Å². The van der Waals surface area contributed by atoms with Gasteiger partial charge in [0.1, 0.15) is 35.6 Å². The van der Waals surface area contributed by atoms with Gasteiger partial charge in [0, 0.05) is 34.5 Å². The predicted octanol–water partition coefficient (Wildman–Crippen LogP) is 3.89. The van der Waals surface area contributed by atoms with E-state index in [1.54, 1.807) is 18.2 Å². The second kappa shape index (κ2) is 8.68. The zero-order valence-corrected chi connectivity index (χ0v) is 19.0. The summed E-state index contributed by atoms with van der Waals surface area (Å²) in [5.41, 5.74) is 1.76. The largest absolute Gasteiger partial charge is 0.489 e. The Labute approximate surface area is 191 Å². The summed E-state index contributed by atoms with van der Waals surface area (Å²) >= 11 is 0. The van der Waals surface area contributed by atoms with E-state index < -0.39 is 15.5 Å². The predicted molar refractivity (Wildman–Crippen MR) is 128 cm³/mol. The van der Waals surface area contributed by atoms with Crippen LogP contribution in [0.1, 0.15) is 19.3 Å². The third-order valence-corrected chi connectivity index (χ3v) is 5.90. The number of anilines is 3. The Morgan fingerprint density at radius 3 is 2.67 bits per heavy atom. The van der Waals surface area contributed by atoms with Crippen molar-refractivity contribution in [1.29, 1.82) is 0 Å². The molecule has 1 saturated heterocycles. The van der Waals surface area contributed by atoms with E-state index in [-0.39, 0.29) is 12.2 Å². The fourth-order valence-electron chi connectivity index (χ4n) is 3.63. The maximum atomic E-state index is 14.0. The Morgan fingerprint density at radius 2 is 1.94 bits per heavy atom. The van der Waals surface area contributed by atoms with Gasteiger partial charge in [-0.15, -0.1) is 0 Å². The molecule has 2 fully saturated rings. The van der Waals surface area contributed by atoms with Crippen molar-refractivity contribution in [3.63, 3.8) is 0 Å². The lowest BCUT2D eigenvalue weighted by molar-refractivity contribution is 0.141. The molecule has 2 N–H and O–H groups in total. The van der Waals surface area contributed by atoms with Crippen LogP contribution < -0.4 is 19.5 Å². The monoisotopic (exact) mass is 472 g/mol. The quantitative estimate of drug-likeness (QED) is 0.480. The zero-order valence-electron chi connectivity index (χ0n) is 18.2. The fraction of sp³-hybridized carbons (Fsp3) is 0.348. The zero-order chi connectivity index (χ0) is 23.0. The average molecular weight is 473 g/mol. The first-order valence-electron chi connectivity index (χ1n) is 10.7. The second-order valence-corrected chi connectivity index (χ2v) is 10.6. The molecule has 33 heavy (non-hydrogen) atoms. The highest BCUT2D eigenvalue weighted by atomic mass is 32.2. The van der Waals surface area contributed by atoms with Crippen molar-refractivity contribution in [1.82, 2.24) is 9.97 Å². The summed E-state index contributed by atoms with van der Waals surface area (Å²) in [5.74, 6) is 4.70. The van der Waals surface area contributed by atoms with Gasteiger partial charge in [0.25, 0.3) is 0 Å². The minimum Gasteiger partial charge on any atom is -0.489 e. The molecule has 1 aromatic heterocycles. The maximum Gasteiger partial charge on any atom is 0.146 e. The van der Waals surface area contributed by atoms with Crippen molar-refractivity contribution >= 4 is 43.7 Å². The molecule has 10 heteroatoms. The molecular formula is C23H25FN4O4S. The SMILES string of the molecule is C=S(C)(=O)Nc1cc(OC2CC2)c2c(Nc3ccc(F)cc3OC3CCOC3)ncnc2c1. The summed E-state index contributed by atoms with van der Waals surface area (Å²) < 4.78 is 46.6. The summed E-state index contributed by atoms with van der Waals surface area (Å²) in [5, 5.41) is 3.93. The molecule has 1 aliphatic heterocycles. The van der Waals surface area contributed by atoms with E-state index in [0.717, 1.165) is 19.3 Å². The Hall–Kier alpha value is -3.11. The molecule has 2 aliphatic rings. The van der Waals surface area contributed by atoms with Crippen molar-refractivity contribution in [2.24, 2.45) is 0 Å². The van der Waals surface area contributed by atoms with Crippen LogP contribution >= 0.6 is 0 Å². The van der Waals surface area contributed by atoms with Gasteiger partial charge in [-0.25, -0.2) is 18.6 Å². The van der Waals surface area contributed by atoms with Crippen LogP contribution in [0.2, 0.25) is 0 Å². The smallest absolute Gasteiger partial charge is 0.146 e. The topological polar surface area (TPSA) is 94.6 Å². The number of hydrogen-bond acceptors (Lipinski definition) is 7. The van der Waals surface area contributed by atoms with Crippen LogP contribution in [0, 0.1) is 5.82 Å². The number of aromatic nitrogens is 2. The second-order valence-electron chi connectivity index (χ2n) is 8.38. The molecule has 5 rings (SSSR count). The minimum absolute atomic E-state index is 0.120. The number of hydrogen-bond donors (Lipinski definition) is 2. The molecule has 2 unspecified atom stereocenters. The molecule has 3 aromatic rings. The molecule has 2 atom stereocenters. The first-order valence-corrected chi connectivity index (χ1v) is 12.8. The van der Waals surface area contributed by atoms with Gasteiger partial charge < -0.3 is 24.2 Å². The minimum atomic E-state index is -2.48. The van der Waals surface area contributed by atoms with E-state index in [0.29, 0.717) is 52.8 Å². The Morgan fingerprint density at radius 1 is 1.12 bits per heavy atom. The number of rotatable bonds is 8. The van der Waals surface area contributed by atoms with Crippen LogP contribution in [0.3, 0.4) is 0 Å². The number of nitrogens with zero attached hydrogens (tertiary/aromatic N) is 2. The van der Waals surface area contributed by atoms with E-state index in [1.165, 1.54) is 24.7 Å². The molecule has 0 radical (unpaired) electrons. The number of benzene rings is 2. The third-order valence-electron chi connectivity index (χ3n) is 5.23. The Balaban J connectivity index is 1.54. The van der Waals surface area contributed by atoms with E-state index in [2.05, 4.69) is 25.9 Å². The van der Waals surface area contributed by atoms with Gasteiger partial charge in [0.05, 0.1) is 41.6 Å². The molecule has 0 spiro atoms. The van der Waals surface area contributed by atoms with Gasteiger partial charge >= 0.3 is 0 Å². The number of halogens is 1. The molecular weight excluding hydrogens is 447 g/mol. The summed E-state index contributed by atoms with van der Waals surface area (Å²) in [7, 11) is -2.48. The summed E-state index contributed by atoms with van der Waals surface area (Å²) in [6.45, 7) is 1.09. The first-order chi connectivity index (χ1) is 15.8. The van der Waals surface area contributed by atoms with Gasteiger partial charge in [0.2, 0.25) is 0 Å². The van der Waals surface area contributed by atoms with Crippen molar-refractivity contribution in [3.05, 3.63) is 42.5 Å². The van der Waals surface area contributed by atoms with Gasteiger partial charge in [-0.05, 0) is 36.9 Å². The summed E-state index contributed by atoms with van der Waals surface area (Å²) in [4.78, 5) is 8.81. The van der Waals surface area contributed by atoms with Crippen LogP contribution in [-0.2, 0) is 14.4 Å². The van der Waals surface area contributed by atoms with Gasteiger partial charge in [-0.1, -0.05) is 0 Å². The fourth-order valence-corrected chi connectivity index (χ4v) is 4.24. The van der Waals surface area contributed by atoms with Crippen molar-refractivity contribution < 1.29 is 22.8 Å². The number of ether oxygens (including phenoxy) is 3. The Kier molecular flexibility index (Phi) is 5.71. The maximum absolute atomic E-state index is 14.0. The highest BCUT2D eigenvalue weighted by molar-refractivity contribution is 8.00. The molecule has 1 aliphatic carbocycles. The average Bonchev–Trinajstić information content (AvgIpc) is 3.40. The Bertz CT molecular complexity index is 1290. The lowest BCUT2D eigenvalue weighted by Crippen LogP contribution is -2.16. The number of fused-ring (bicyclic) bond motifs is 1. The van der Waals surface area contributed by atoms with Crippen LogP contribution in [-0.4, -0.2) is 51.7 Å². The van der Waals surface area contributed by atoms with Crippen LogP contribution in [0.4, 0.5) is 21.6 Å². The van der Waals surface area contributed by atoms with Gasteiger partial charge in [0.15, 0.2) is 0 Å². The molecule has 8 nitrogen and oxygen atoms in total. The molecule has 0 bridgehead atoms. The van der Waals surface area contributed by atoms with Crippen LogP contribution in [0.25, 0.3) is 10.9 Å². The van der Waals surface area contributed by atoms with Crippen molar-refractivity contribution in [3.8, 4) is 11.5 Å². The molecule has 1 saturated carbocycles. The molecule has 0 amide bonds.